The summed E-state index contributed by atoms with van der Waals surface area (Å²) in [5, 5.41) is 17.3. The van der Waals surface area contributed by atoms with Crippen molar-refractivity contribution in [3.05, 3.63) is 50.0 Å². The summed E-state index contributed by atoms with van der Waals surface area (Å²) in [6.45, 7) is 2.23. The lowest BCUT2D eigenvalue weighted by molar-refractivity contribution is -0.384. The second-order valence-electron chi connectivity index (χ2n) is 4.27. The third-order valence-corrected chi connectivity index (χ3v) is 3.73. The largest absolute Gasteiger partial charge is 0.387 e. The van der Waals surface area contributed by atoms with Crippen LogP contribution in [0.5, 0.6) is 0 Å². The lowest BCUT2D eigenvalue weighted by atomic mass is 10.1. The molecule has 2 rings (SSSR count). The Morgan fingerprint density at radius 3 is 2.81 bits per heavy atom. The second-order valence-corrected chi connectivity index (χ2v) is 5.58. The third kappa shape index (κ3) is 3.54. The van der Waals surface area contributed by atoms with E-state index in [1.807, 2.05) is 6.92 Å². The molecule has 7 nitrogen and oxygen atoms in total. The Morgan fingerprint density at radius 1 is 1.48 bits per heavy atom. The van der Waals surface area contributed by atoms with Gasteiger partial charge in [-0.3, -0.25) is 14.9 Å². The predicted octanol–water partition coefficient (Wildman–Crippen LogP) is 2.33. The number of carbonyl (C=O) groups excluding carboxylic acids is 1. The minimum Gasteiger partial charge on any atom is -0.387 e. The number of nitrogens with one attached hydrogen (secondary N) is 2. The molecule has 1 heterocycles. The van der Waals surface area contributed by atoms with E-state index >= 15 is 0 Å². The van der Waals surface area contributed by atoms with Gasteiger partial charge in [-0.1, -0.05) is 0 Å². The number of nitro benzene ring substituents is 1. The van der Waals surface area contributed by atoms with Crippen molar-refractivity contribution in [2.45, 2.75) is 13.5 Å². The summed E-state index contributed by atoms with van der Waals surface area (Å²) in [5.41, 5.74) is 0.666. The van der Waals surface area contributed by atoms with Gasteiger partial charge in [-0.05, 0) is 13.0 Å². The van der Waals surface area contributed by atoms with Crippen LogP contribution >= 0.6 is 11.3 Å². The van der Waals surface area contributed by atoms with Gasteiger partial charge in [-0.25, -0.2) is 4.98 Å². The number of rotatable bonds is 5. The van der Waals surface area contributed by atoms with Crippen LogP contribution in [-0.2, 0) is 6.54 Å². The molecule has 2 aromatic rings. The minimum absolute atomic E-state index is 0.118. The molecule has 0 spiro atoms. The molecule has 0 bridgehead atoms. The summed E-state index contributed by atoms with van der Waals surface area (Å²) in [4.78, 5) is 27.5. The van der Waals surface area contributed by atoms with Gasteiger partial charge in [0, 0.05) is 35.9 Å². The van der Waals surface area contributed by atoms with Crippen LogP contribution in [0.2, 0.25) is 0 Å². The number of aromatic nitrogens is 1. The van der Waals surface area contributed by atoms with Crippen LogP contribution in [0.3, 0.4) is 0 Å². The molecule has 0 fully saturated rings. The Hall–Kier alpha value is -2.48. The van der Waals surface area contributed by atoms with Crippen LogP contribution in [-0.4, -0.2) is 22.9 Å². The highest BCUT2D eigenvalue weighted by Gasteiger charge is 2.16. The number of amides is 1. The maximum absolute atomic E-state index is 12.2. The first-order chi connectivity index (χ1) is 10.0. The van der Waals surface area contributed by atoms with Gasteiger partial charge < -0.3 is 10.6 Å². The molecule has 0 unspecified atom stereocenters. The molecule has 1 aromatic carbocycles. The highest BCUT2D eigenvalue weighted by molar-refractivity contribution is 7.11. The molecule has 2 N–H and O–H groups in total. The maximum atomic E-state index is 12.2. The molecule has 21 heavy (non-hydrogen) atoms. The molecule has 0 atom stereocenters. The van der Waals surface area contributed by atoms with Gasteiger partial charge >= 0.3 is 0 Å². The van der Waals surface area contributed by atoms with Crippen LogP contribution in [0.25, 0.3) is 0 Å². The minimum atomic E-state index is -0.525. The van der Waals surface area contributed by atoms with Crippen LogP contribution in [0, 0.1) is 17.0 Å². The summed E-state index contributed by atoms with van der Waals surface area (Å²) >= 11 is 1.49. The van der Waals surface area contributed by atoms with Crippen molar-refractivity contribution in [2.24, 2.45) is 0 Å². The number of carbonyl (C=O) groups is 1. The average molecular weight is 306 g/mol. The van der Waals surface area contributed by atoms with Crippen molar-refractivity contribution in [1.29, 1.82) is 0 Å². The standard InChI is InChI=1S/C13H14N4O3S/c1-8-15-6-10(21-8)7-16-13(18)11-5-9(17(19)20)3-4-12(11)14-2/h3-6,14H,7H2,1-2H3,(H,16,18). The van der Waals surface area contributed by atoms with E-state index in [0.29, 0.717) is 12.2 Å². The second kappa shape index (κ2) is 6.31. The van der Waals surface area contributed by atoms with E-state index in [2.05, 4.69) is 15.6 Å². The third-order valence-electron chi connectivity index (χ3n) is 2.82. The van der Waals surface area contributed by atoms with Gasteiger partial charge in [-0.2, -0.15) is 0 Å². The zero-order valence-corrected chi connectivity index (χ0v) is 12.4. The molecule has 0 aliphatic carbocycles. The molecular weight excluding hydrogens is 292 g/mol. The summed E-state index contributed by atoms with van der Waals surface area (Å²) < 4.78 is 0. The normalized spacial score (nSPS) is 10.2. The van der Waals surface area contributed by atoms with Crippen molar-refractivity contribution in [3.8, 4) is 0 Å². The number of hydrogen-bond donors (Lipinski definition) is 2. The number of non-ortho nitro benzene ring substituents is 1. The van der Waals surface area contributed by atoms with Crippen molar-refractivity contribution < 1.29 is 9.72 Å². The van der Waals surface area contributed by atoms with Crippen LogP contribution in [0.4, 0.5) is 11.4 Å². The smallest absolute Gasteiger partial charge is 0.270 e. The molecule has 8 heteroatoms. The number of hydrogen-bond acceptors (Lipinski definition) is 6. The first kappa shape index (κ1) is 14.9. The number of anilines is 1. The number of benzene rings is 1. The average Bonchev–Trinajstić information content (AvgIpc) is 2.89. The zero-order valence-electron chi connectivity index (χ0n) is 11.5. The van der Waals surface area contributed by atoms with Crippen molar-refractivity contribution in [3.63, 3.8) is 0 Å². The van der Waals surface area contributed by atoms with Gasteiger partial charge in [0.1, 0.15) is 0 Å². The molecule has 110 valence electrons. The van der Waals surface area contributed by atoms with Crippen molar-refractivity contribution in [1.82, 2.24) is 10.3 Å². The van der Waals surface area contributed by atoms with E-state index in [1.165, 1.54) is 29.5 Å². The predicted molar refractivity (Wildman–Crippen MR) is 80.7 cm³/mol. The summed E-state index contributed by atoms with van der Waals surface area (Å²) in [6.07, 6.45) is 1.70. The van der Waals surface area contributed by atoms with Gasteiger partial charge in [0.25, 0.3) is 11.6 Å². The van der Waals surface area contributed by atoms with Crippen molar-refractivity contribution >= 4 is 28.6 Å². The Labute approximate surface area is 125 Å². The van der Waals surface area contributed by atoms with Gasteiger partial charge in [0.05, 0.1) is 22.0 Å². The molecule has 0 aliphatic heterocycles. The van der Waals surface area contributed by atoms with Crippen LogP contribution < -0.4 is 10.6 Å². The SMILES string of the molecule is CNc1ccc([N+](=O)[O-])cc1C(=O)NCc1cnc(C)s1. The lowest BCUT2D eigenvalue weighted by Crippen LogP contribution is -2.23. The molecule has 0 saturated carbocycles. The van der Waals surface area contributed by atoms with Crippen molar-refractivity contribution in [2.75, 3.05) is 12.4 Å². The first-order valence-corrected chi connectivity index (χ1v) is 6.98. The molecule has 1 amide bonds. The molecule has 0 saturated heterocycles. The Bertz CT molecular complexity index is 684. The van der Waals surface area contributed by atoms with Gasteiger partial charge in [0.2, 0.25) is 0 Å². The number of thiazole rings is 1. The van der Waals surface area contributed by atoms with E-state index in [-0.39, 0.29) is 17.2 Å². The Kier molecular flexibility index (Phi) is 4.49. The summed E-state index contributed by atoms with van der Waals surface area (Å²) in [6, 6.07) is 4.14. The van der Waals surface area contributed by atoms with E-state index in [1.54, 1.807) is 13.2 Å². The first-order valence-electron chi connectivity index (χ1n) is 6.17. The number of nitrogens with zero attached hydrogens (tertiary/aromatic N) is 2. The van der Waals surface area contributed by atoms with E-state index in [0.717, 1.165) is 9.88 Å². The fourth-order valence-corrected chi connectivity index (χ4v) is 2.54. The Balaban J connectivity index is 2.17. The molecule has 1 aromatic heterocycles. The fourth-order valence-electron chi connectivity index (χ4n) is 1.80. The lowest BCUT2D eigenvalue weighted by Gasteiger charge is -2.09. The molecule has 0 aliphatic rings. The van der Waals surface area contributed by atoms with Crippen LogP contribution in [0.15, 0.2) is 24.4 Å². The summed E-state index contributed by atoms with van der Waals surface area (Å²) in [5.74, 6) is -0.367. The topological polar surface area (TPSA) is 97.2 Å². The highest BCUT2D eigenvalue weighted by Crippen LogP contribution is 2.22. The monoisotopic (exact) mass is 306 g/mol. The van der Waals surface area contributed by atoms with E-state index in [9.17, 15) is 14.9 Å². The van der Waals surface area contributed by atoms with Crippen LogP contribution in [0.1, 0.15) is 20.2 Å². The Morgan fingerprint density at radius 2 is 2.24 bits per heavy atom. The molecule has 0 radical (unpaired) electrons. The van der Waals surface area contributed by atoms with Gasteiger partial charge in [0.15, 0.2) is 0 Å². The fraction of sp³-hybridized carbons (Fsp3) is 0.231. The van der Waals surface area contributed by atoms with Gasteiger partial charge in [-0.15, -0.1) is 11.3 Å². The maximum Gasteiger partial charge on any atom is 0.270 e. The van der Waals surface area contributed by atoms with E-state index in [4.69, 9.17) is 0 Å². The summed E-state index contributed by atoms with van der Waals surface area (Å²) in [7, 11) is 1.66. The number of aryl methyl sites for hydroxylation is 1. The quantitative estimate of drug-likeness (QED) is 0.652. The van der Waals surface area contributed by atoms with E-state index < -0.39 is 4.92 Å². The molecular formula is C13H14N4O3S. The number of nitro groups is 1. The zero-order chi connectivity index (χ0) is 15.4. The highest BCUT2D eigenvalue weighted by atomic mass is 32.1.